The van der Waals surface area contributed by atoms with Crippen molar-refractivity contribution in [1.82, 2.24) is 15.2 Å². The lowest BCUT2D eigenvalue weighted by molar-refractivity contribution is -0.139. The smallest absolute Gasteiger partial charge is 0.259 e. The Balaban J connectivity index is 1.67. The van der Waals surface area contributed by atoms with Crippen LogP contribution >= 0.6 is 12.2 Å². The van der Waals surface area contributed by atoms with Gasteiger partial charge in [0.2, 0.25) is 0 Å². The van der Waals surface area contributed by atoms with E-state index in [-0.39, 0.29) is 23.5 Å². The van der Waals surface area contributed by atoms with E-state index in [4.69, 9.17) is 17.0 Å². The fraction of sp³-hybridized carbons (Fsp3) is 0.500. The third kappa shape index (κ3) is 2.96. The van der Waals surface area contributed by atoms with Crippen molar-refractivity contribution in [2.24, 2.45) is 5.41 Å². The molecule has 168 valence electrons. The van der Waals surface area contributed by atoms with Crippen molar-refractivity contribution in [2.75, 3.05) is 7.11 Å². The van der Waals surface area contributed by atoms with E-state index in [0.717, 1.165) is 54.4 Å². The molecule has 1 aliphatic heterocycles. The van der Waals surface area contributed by atoms with Gasteiger partial charge in [-0.3, -0.25) is 14.7 Å². The summed E-state index contributed by atoms with van der Waals surface area (Å²) in [4.78, 5) is 20.4. The lowest BCUT2D eigenvalue weighted by Crippen LogP contribution is -2.57. The number of methoxy groups -OCH3 is 1. The lowest BCUT2D eigenvalue weighted by Gasteiger charge is -2.46. The molecule has 1 saturated carbocycles. The highest BCUT2D eigenvalue weighted by Crippen LogP contribution is 2.60. The van der Waals surface area contributed by atoms with Crippen molar-refractivity contribution < 1.29 is 9.53 Å². The minimum atomic E-state index is -0.810. The highest BCUT2D eigenvalue weighted by Gasteiger charge is 2.67. The van der Waals surface area contributed by atoms with Crippen molar-refractivity contribution in [3.8, 4) is 11.1 Å². The van der Waals surface area contributed by atoms with Gasteiger partial charge in [0.05, 0.1) is 6.10 Å². The first kappa shape index (κ1) is 21.5. The van der Waals surface area contributed by atoms with Crippen LogP contribution in [0.25, 0.3) is 11.1 Å². The Kier molecular flexibility index (Phi) is 5.13. The Hall–Kier alpha value is -2.31. The molecule has 2 fully saturated rings. The van der Waals surface area contributed by atoms with Crippen molar-refractivity contribution in [2.45, 2.75) is 70.6 Å². The summed E-state index contributed by atoms with van der Waals surface area (Å²) in [5.41, 5.74) is 4.61. The van der Waals surface area contributed by atoms with Gasteiger partial charge in [0.15, 0.2) is 10.7 Å². The largest absolute Gasteiger partial charge is 0.381 e. The molecule has 1 N–H and O–H groups in total. The predicted molar refractivity (Wildman–Crippen MR) is 129 cm³/mol. The van der Waals surface area contributed by atoms with Crippen LogP contribution in [0.4, 0.5) is 0 Å². The molecule has 6 heteroatoms. The third-order valence-electron chi connectivity index (χ3n) is 7.84. The van der Waals surface area contributed by atoms with Gasteiger partial charge >= 0.3 is 0 Å². The van der Waals surface area contributed by atoms with Gasteiger partial charge in [-0.05, 0) is 99.5 Å². The van der Waals surface area contributed by atoms with E-state index >= 15 is 0 Å². The number of pyridine rings is 1. The van der Waals surface area contributed by atoms with Crippen molar-refractivity contribution in [1.29, 1.82) is 0 Å². The number of fused-ring (bicyclic) bond motifs is 3. The van der Waals surface area contributed by atoms with E-state index < -0.39 is 5.54 Å². The zero-order chi connectivity index (χ0) is 22.7. The van der Waals surface area contributed by atoms with Gasteiger partial charge in [-0.15, -0.1) is 0 Å². The maximum Gasteiger partial charge on any atom is 0.259 e. The number of carbonyl (C=O) groups is 1. The first-order chi connectivity index (χ1) is 15.3. The van der Waals surface area contributed by atoms with E-state index in [1.54, 1.807) is 12.0 Å². The second kappa shape index (κ2) is 7.63. The van der Waals surface area contributed by atoms with Gasteiger partial charge in [0.25, 0.3) is 5.91 Å². The maximum atomic E-state index is 14.2. The van der Waals surface area contributed by atoms with Crippen LogP contribution in [0.1, 0.15) is 56.2 Å². The summed E-state index contributed by atoms with van der Waals surface area (Å²) in [7, 11) is 1.79. The SMILES string of the molecule is COC1CCC2(CC1)Cc1ccc(-c3cncc(C)c3)cc1C21NC(=S)N(C(C)C)C1=O. The molecule has 2 spiro atoms. The number of hydrogen-bond acceptors (Lipinski definition) is 4. The average Bonchev–Trinajstić information content (AvgIpc) is 3.20. The summed E-state index contributed by atoms with van der Waals surface area (Å²) in [6.07, 6.45) is 8.71. The molecule has 32 heavy (non-hydrogen) atoms. The van der Waals surface area contributed by atoms with Crippen LogP contribution in [0.15, 0.2) is 36.7 Å². The van der Waals surface area contributed by atoms with E-state index in [0.29, 0.717) is 5.11 Å². The number of rotatable bonds is 3. The topological polar surface area (TPSA) is 54.5 Å². The molecule has 1 amide bonds. The number of carbonyl (C=O) groups excluding carboxylic acids is 1. The molecule has 1 saturated heterocycles. The molecular formula is C26H31N3O2S. The number of aromatic nitrogens is 1. The first-order valence-electron chi connectivity index (χ1n) is 11.6. The molecule has 1 unspecified atom stereocenters. The lowest BCUT2D eigenvalue weighted by atomic mass is 9.61. The molecule has 2 aliphatic carbocycles. The predicted octanol–water partition coefficient (Wildman–Crippen LogP) is 4.51. The van der Waals surface area contributed by atoms with Crippen LogP contribution in [0.2, 0.25) is 0 Å². The summed E-state index contributed by atoms with van der Waals surface area (Å²) in [6.45, 7) is 6.11. The number of benzene rings is 1. The quantitative estimate of drug-likeness (QED) is 0.699. The van der Waals surface area contributed by atoms with Gasteiger partial charge in [-0.1, -0.05) is 12.1 Å². The Labute approximate surface area is 195 Å². The first-order valence-corrected chi connectivity index (χ1v) is 12.0. The molecular weight excluding hydrogens is 418 g/mol. The van der Waals surface area contributed by atoms with Crippen LogP contribution in [0.5, 0.6) is 0 Å². The van der Waals surface area contributed by atoms with Crippen LogP contribution < -0.4 is 5.32 Å². The number of hydrogen-bond donors (Lipinski definition) is 1. The minimum absolute atomic E-state index is 0.0162. The Morgan fingerprint density at radius 1 is 1.19 bits per heavy atom. The second-order valence-corrected chi connectivity index (χ2v) is 10.4. The van der Waals surface area contributed by atoms with Gasteiger partial charge in [-0.2, -0.15) is 0 Å². The van der Waals surface area contributed by atoms with E-state index in [2.05, 4.69) is 41.5 Å². The number of nitrogens with zero attached hydrogens (tertiary/aromatic N) is 2. The fourth-order valence-corrected chi connectivity index (χ4v) is 6.69. The molecule has 1 aromatic heterocycles. The van der Waals surface area contributed by atoms with E-state index in [1.165, 1.54) is 5.56 Å². The summed E-state index contributed by atoms with van der Waals surface area (Å²) < 4.78 is 5.67. The highest BCUT2D eigenvalue weighted by atomic mass is 32.1. The number of amides is 1. The molecule has 1 aromatic carbocycles. The number of thiocarbonyl (C=S) groups is 1. The molecule has 2 aromatic rings. The monoisotopic (exact) mass is 449 g/mol. The summed E-state index contributed by atoms with van der Waals surface area (Å²) in [5.74, 6) is 0.103. The molecule has 0 bridgehead atoms. The van der Waals surface area contributed by atoms with Crippen LogP contribution in [-0.4, -0.2) is 40.2 Å². The van der Waals surface area contributed by atoms with Crippen LogP contribution in [0, 0.1) is 12.3 Å². The van der Waals surface area contributed by atoms with Crippen molar-refractivity contribution >= 4 is 23.2 Å². The molecule has 0 radical (unpaired) electrons. The summed E-state index contributed by atoms with van der Waals surface area (Å²) >= 11 is 5.73. The van der Waals surface area contributed by atoms with Crippen LogP contribution in [-0.2, 0) is 21.5 Å². The van der Waals surface area contributed by atoms with Gasteiger partial charge in [0, 0.05) is 36.5 Å². The Morgan fingerprint density at radius 3 is 2.56 bits per heavy atom. The summed E-state index contributed by atoms with van der Waals surface area (Å²) in [5, 5.41) is 4.15. The molecule has 5 rings (SSSR count). The standard InChI is InChI=1S/C26H31N3O2S/c1-16(2)29-23(30)26(28-24(29)32)22-12-18(20-11-17(3)14-27-15-20)5-6-19(22)13-25(26)9-7-21(31-4)8-10-25/h5-6,11-12,14-16,21H,7-10,13H2,1-4H3,(H,28,32). The van der Waals surface area contributed by atoms with Crippen LogP contribution in [0.3, 0.4) is 0 Å². The van der Waals surface area contributed by atoms with Gasteiger partial charge in [-0.25, -0.2) is 0 Å². The molecule has 2 heterocycles. The second-order valence-electron chi connectivity index (χ2n) is 9.96. The molecule has 5 nitrogen and oxygen atoms in total. The number of nitrogens with one attached hydrogen (secondary N) is 1. The number of ether oxygens (including phenoxy) is 1. The zero-order valence-corrected chi connectivity index (χ0v) is 20.1. The van der Waals surface area contributed by atoms with Gasteiger partial charge in [0.1, 0.15) is 0 Å². The maximum absolute atomic E-state index is 14.2. The Bertz CT molecular complexity index is 1090. The Morgan fingerprint density at radius 2 is 1.94 bits per heavy atom. The average molecular weight is 450 g/mol. The van der Waals surface area contributed by atoms with Gasteiger partial charge < -0.3 is 10.1 Å². The summed E-state index contributed by atoms with van der Waals surface area (Å²) in [6, 6.07) is 8.75. The normalized spacial score (nSPS) is 29.3. The van der Waals surface area contributed by atoms with Crippen molar-refractivity contribution in [3.63, 3.8) is 0 Å². The molecule has 1 atom stereocenters. The third-order valence-corrected chi connectivity index (χ3v) is 8.14. The van der Waals surface area contributed by atoms with E-state index in [9.17, 15) is 4.79 Å². The molecule has 3 aliphatic rings. The van der Waals surface area contributed by atoms with Crippen molar-refractivity contribution in [3.05, 3.63) is 53.3 Å². The fourth-order valence-electron chi connectivity index (χ4n) is 6.24. The highest BCUT2D eigenvalue weighted by molar-refractivity contribution is 7.80. The number of aryl methyl sites for hydroxylation is 1. The van der Waals surface area contributed by atoms with E-state index in [1.807, 2.05) is 26.2 Å². The minimum Gasteiger partial charge on any atom is -0.381 e. The zero-order valence-electron chi connectivity index (χ0n) is 19.3.